The number of carbonyl (C=O) groups excluding carboxylic acids is 1. The smallest absolute Gasteiger partial charge is 0.251 e. The number of hydrogen-bond acceptors (Lipinski definition) is 5. The van der Waals surface area contributed by atoms with Crippen molar-refractivity contribution in [1.29, 1.82) is 0 Å². The summed E-state index contributed by atoms with van der Waals surface area (Å²) in [7, 11) is -3.58. The molecule has 152 valence electrons. The third-order valence-corrected chi connectivity index (χ3v) is 6.66. The highest BCUT2D eigenvalue weighted by Crippen LogP contribution is 2.21. The van der Waals surface area contributed by atoms with Gasteiger partial charge in [-0.05, 0) is 57.5 Å². The Labute approximate surface area is 167 Å². The van der Waals surface area contributed by atoms with Crippen LogP contribution in [0.4, 0.5) is 0 Å². The molecule has 3 rings (SSSR count). The van der Waals surface area contributed by atoms with Crippen LogP contribution < -0.4 is 10.6 Å². The van der Waals surface area contributed by atoms with Crippen LogP contribution in [-0.2, 0) is 14.8 Å². The van der Waals surface area contributed by atoms with Crippen molar-refractivity contribution in [2.75, 3.05) is 26.2 Å². The molecule has 2 saturated heterocycles. The second-order valence-corrected chi connectivity index (χ2v) is 9.04. The van der Waals surface area contributed by atoms with Crippen molar-refractivity contribution in [3.63, 3.8) is 0 Å². The van der Waals surface area contributed by atoms with Gasteiger partial charge in [0.25, 0.3) is 5.91 Å². The molecule has 1 aromatic carbocycles. The molecule has 3 unspecified atom stereocenters. The first-order valence-electron chi connectivity index (χ1n) is 9.13. The van der Waals surface area contributed by atoms with Gasteiger partial charge in [0.15, 0.2) is 0 Å². The van der Waals surface area contributed by atoms with Crippen molar-refractivity contribution in [2.24, 2.45) is 0 Å². The van der Waals surface area contributed by atoms with Crippen molar-refractivity contribution < 1.29 is 17.9 Å². The summed E-state index contributed by atoms with van der Waals surface area (Å²) in [4.78, 5) is 12.4. The van der Waals surface area contributed by atoms with Crippen LogP contribution in [0.5, 0.6) is 0 Å². The molecule has 0 saturated carbocycles. The topological polar surface area (TPSA) is 87.7 Å². The predicted octanol–water partition coefficient (Wildman–Crippen LogP) is 1.39. The van der Waals surface area contributed by atoms with Gasteiger partial charge in [-0.1, -0.05) is 0 Å². The number of rotatable bonds is 5. The lowest BCUT2D eigenvalue weighted by Gasteiger charge is -2.34. The van der Waals surface area contributed by atoms with Crippen LogP contribution in [0.25, 0.3) is 0 Å². The first-order chi connectivity index (χ1) is 12.4. The Morgan fingerprint density at radius 3 is 2.41 bits per heavy atom. The first kappa shape index (κ1) is 22.1. The fraction of sp³-hybridized carbons (Fsp3) is 0.611. The minimum absolute atomic E-state index is 0. The molecule has 2 aliphatic heterocycles. The maximum atomic E-state index is 12.8. The number of halogens is 1. The van der Waals surface area contributed by atoms with Crippen molar-refractivity contribution in [3.8, 4) is 0 Å². The summed E-state index contributed by atoms with van der Waals surface area (Å²) < 4.78 is 32.7. The molecule has 1 amide bonds. The lowest BCUT2D eigenvalue weighted by atomic mass is 10.2. The van der Waals surface area contributed by atoms with Gasteiger partial charge in [0.05, 0.1) is 17.1 Å². The molecular formula is C18H28ClN3O4S. The molecular weight excluding hydrogens is 390 g/mol. The maximum absolute atomic E-state index is 12.8. The van der Waals surface area contributed by atoms with E-state index in [-0.39, 0.29) is 35.4 Å². The number of nitrogens with zero attached hydrogens (tertiary/aromatic N) is 1. The van der Waals surface area contributed by atoms with Gasteiger partial charge in [0.1, 0.15) is 0 Å². The van der Waals surface area contributed by atoms with E-state index in [0.29, 0.717) is 31.2 Å². The molecule has 27 heavy (non-hydrogen) atoms. The fourth-order valence-corrected chi connectivity index (χ4v) is 5.09. The summed E-state index contributed by atoms with van der Waals surface area (Å²) in [5.74, 6) is -0.184. The van der Waals surface area contributed by atoms with E-state index in [4.69, 9.17) is 4.74 Å². The monoisotopic (exact) mass is 417 g/mol. The van der Waals surface area contributed by atoms with Gasteiger partial charge in [0.2, 0.25) is 10.0 Å². The minimum atomic E-state index is -3.58. The summed E-state index contributed by atoms with van der Waals surface area (Å²) in [5, 5.41) is 6.22. The summed E-state index contributed by atoms with van der Waals surface area (Å²) in [6.45, 7) is 5.98. The lowest BCUT2D eigenvalue weighted by molar-refractivity contribution is -0.0440. The Balaban J connectivity index is 0.00000261. The summed E-state index contributed by atoms with van der Waals surface area (Å²) in [6, 6.07) is 6.46. The summed E-state index contributed by atoms with van der Waals surface area (Å²) in [6.07, 6.45) is 1.92. The highest BCUT2D eigenvalue weighted by atomic mass is 35.5. The average molecular weight is 418 g/mol. The van der Waals surface area contributed by atoms with Gasteiger partial charge in [-0.15, -0.1) is 12.4 Å². The molecule has 2 aliphatic rings. The van der Waals surface area contributed by atoms with Gasteiger partial charge >= 0.3 is 0 Å². The van der Waals surface area contributed by atoms with Crippen LogP contribution in [0, 0.1) is 0 Å². The number of carbonyl (C=O) groups is 1. The number of benzene rings is 1. The Bertz CT molecular complexity index is 725. The molecule has 0 bridgehead atoms. The van der Waals surface area contributed by atoms with E-state index in [2.05, 4.69) is 10.6 Å². The number of sulfonamides is 1. The zero-order valence-electron chi connectivity index (χ0n) is 15.7. The number of nitrogens with one attached hydrogen (secondary N) is 2. The van der Waals surface area contributed by atoms with Gasteiger partial charge in [-0.25, -0.2) is 8.42 Å². The van der Waals surface area contributed by atoms with Crippen molar-refractivity contribution >= 4 is 28.3 Å². The van der Waals surface area contributed by atoms with E-state index in [0.717, 1.165) is 19.4 Å². The molecule has 3 atom stereocenters. The Morgan fingerprint density at radius 1 is 1.22 bits per heavy atom. The minimum Gasteiger partial charge on any atom is -0.373 e. The highest BCUT2D eigenvalue weighted by Gasteiger charge is 2.32. The van der Waals surface area contributed by atoms with E-state index in [9.17, 15) is 13.2 Å². The predicted molar refractivity (Wildman–Crippen MR) is 106 cm³/mol. The van der Waals surface area contributed by atoms with Crippen LogP contribution in [0.1, 0.15) is 37.0 Å². The van der Waals surface area contributed by atoms with E-state index in [1.54, 1.807) is 12.1 Å². The maximum Gasteiger partial charge on any atom is 0.251 e. The van der Waals surface area contributed by atoms with Gasteiger partial charge in [-0.3, -0.25) is 4.79 Å². The fourth-order valence-electron chi connectivity index (χ4n) is 3.50. The molecule has 0 radical (unpaired) electrons. The van der Waals surface area contributed by atoms with Crippen molar-refractivity contribution in [2.45, 2.75) is 49.8 Å². The molecule has 1 aromatic rings. The number of hydrogen-bond donors (Lipinski definition) is 2. The summed E-state index contributed by atoms with van der Waals surface area (Å²) in [5.41, 5.74) is 0.464. The van der Waals surface area contributed by atoms with Gasteiger partial charge < -0.3 is 15.4 Å². The molecule has 0 spiro atoms. The average Bonchev–Trinajstić information content (AvgIpc) is 3.12. The number of morpholine rings is 1. The zero-order valence-corrected chi connectivity index (χ0v) is 17.3. The normalized spacial score (nSPS) is 26.4. The Kier molecular flexibility index (Phi) is 7.64. The lowest BCUT2D eigenvalue weighted by Crippen LogP contribution is -2.48. The molecule has 2 heterocycles. The first-order valence-corrected chi connectivity index (χ1v) is 10.6. The third kappa shape index (κ3) is 5.42. The van der Waals surface area contributed by atoms with Gasteiger partial charge in [-0.2, -0.15) is 4.31 Å². The number of amides is 1. The van der Waals surface area contributed by atoms with Crippen LogP contribution in [0.15, 0.2) is 29.2 Å². The van der Waals surface area contributed by atoms with Crippen LogP contribution in [0.2, 0.25) is 0 Å². The zero-order chi connectivity index (χ0) is 18.7. The van der Waals surface area contributed by atoms with Crippen LogP contribution >= 0.6 is 12.4 Å². The van der Waals surface area contributed by atoms with Crippen molar-refractivity contribution in [3.05, 3.63) is 29.8 Å². The van der Waals surface area contributed by atoms with E-state index >= 15 is 0 Å². The molecule has 9 heteroatoms. The molecule has 2 fully saturated rings. The van der Waals surface area contributed by atoms with Crippen LogP contribution in [0.3, 0.4) is 0 Å². The largest absolute Gasteiger partial charge is 0.373 e. The molecule has 0 aromatic heterocycles. The molecule has 0 aliphatic carbocycles. The number of ether oxygens (including phenoxy) is 1. The van der Waals surface area contributed by atoms with E-state index < -0.39 is 10.0 Å². The van der Waals surface area contributed by atoms with Gasteiger partial charge in [0, 0.05) is 31.2 Å². The van der Waals surface area contributed by atoms with E-state index in [1.165, 1.54) is 16.4 Å². The molecule has 7 nitrogen and oxygen atoms in total. The standard InChI is InChI=1S/C18H27N3O4S.ClH/c1-13-11-21(12-14(2)25-13)26(23,24)17-7-5-15(6-8-17)18(22)20-10-16-4-3-9-19-16;/h5-8,13-14,16,19H,3-4,9-12H2,1-2H3,(H,20,22);1H. The van der Waals surface area contributed by atoms with E-state index in [1.807, 2.05) is 13.8 Å². The second-order valence-electron chi connectivity index (χ2n) is 7.11. The third-order valence-electron chi connectivity index (χ3n) is 4.81. The Hall–Kier alpha value is -1.19. The second kappa shape index (κ2) is 9.34. The van der Waals surface area contributed by atoms with Crippen LogP contribution in [-0.4, -0.2) is 63.1 Å². The Morgan fingerprint density at radius 2 is 1.85 bits per heavy atom. The summed E-state index contributed by atoms with van der Waals surface area (Å²) >= 11 is 0. The quantitative estimate of drug-likeness (QED) is 0.755. The highest BCUT2D eigenvalue weighted by molar-refractivity contribution is 7.89. The molecule has 2 N–H and O–H groups in total. The SMILES string of the molecule is CC1CN(S(=O)(=O)c2ccc(C(=O)NCC3CCCN3)cc2)CC(C)O1.Cl. The van der Waals surface area contributed by atoms with Crippen molar-refractivity contribution in [1.82, 2.24) is 14.9 Å².